The fourth-order valence-corrected chi connectivity index (χ4v) is 2.17. The van der Waals surface area contributed by atoms with E-state index in [2.05, 4.69) is 31.2 Å². The topological polar surface area (TPSA) is 54.9 Å². The normalized spacial score (nSPS) is 10.8. The van der Waals surface area contributed by atoms with E-state index in [0.717, 1.165) is 15.7 Å². The zero-order valence-corrected chi connectivity index (χ0v) is 14.3. The molecule has 0 atom stereocenters. The van der Waals surface area contributed by atoms with Crippen molar-refractivity contribution in [3.63, 3.8) is 0 Å². The first kappa shape index (κ1) is 15.9. The molecule has 21 heavy (non-hydrogen) atoms. The zero-order chi connectivity index (χ0) is 15.6. The molecule has 0 saturated heterocycles. The summed E-state index contributed by atoms with van der Waals surface area (Å²) in [6.45, 7) is 5.93. The Balaban J connectivity index is 2.25. The molecule has 0 aliphatic heterocycles. The van der Waals surface area contributed by atoms with Gasteiger partial charge in [-0.15, -0.1) is 0 Å². The van der Waals surface area contributed by atoms with Crippen LogP contribution in [-0.2, 0) is 0 Å². The predicted octanol–water partition coefficient (Wildman–Crippen LogP) is 4.58. The predicted molar refractivity (Wildman–Crippen MR) is 88.0 cm³/mol. The van der Waals surface area contributed by atoms with Crippen LogP contribution in [0.15, 0.2) is 28.9 Å². The van der Waals surface area contributed by atoms with Crippen LogP contribution in [-0.4, -0.2) is 15.9 Å². The highest BCUT2D eigenvalue weighted by atomic mass is 79.9. The summed E-state index contributed by atoms with van der Waals surface area (Å²) in [5, 5.41) is 3.07. The van der Waals surface area contributed by atoms with Crippen LogP contribution >= 0.6 is 27.5 Å². The molecule has 2 aromatic heterocycles. The maximum absolute atomic E-state index is 12.3. The molecular weight excluding hydrogens is 354 g/mol. The van der Waals surface area contributed by atoms with Crippen molar-refractivity contribution >= 4 is 39.3 Å². The van der Waals surface area contributed by atoms with Gasteiger partial charge in [0.1, 0.15) is 11.0 Å². The number of halogens is 2. The Morgan fingerprint density at radius 1 is 1.33 bits per heavy atom. The maximum atomic E-state index is 12.3. The molecule has 0 saturated carbocycles. The molecule has 6 heteroatoms. The molecule has 0 bridgehead atoms. The van der Waals surface area contributed by atoms with Crippen LogP contribution in [0.2, 0.25) is 5.15 Å². The van der Waals surface area contributed by atoms with Gasteiger partial charge in [0, 0.05) is 21.9 Å². The van der Waals surface area contributed by atoms with Crippen LogP contribution < -0.4 is 5.32 Å². The van der Waals surface area contributed by atoms with Crippen LogP contribution in [0.4, 0.5) is 5.82 Å². The van der Waals surface area contributed by atoms with E-state index in [-0.39, 0.29) is 11.8 Å². The second-order valence-electron chi connectivity index (χ2n) is 5.03. The van der Waals surface area contributed by atoms with E-state index in [0.29, 0.717) is 16.5 Å². The van der Waals surface area contributed by atoms with Gasteiger partial charge in [0.25, 0.3) is 5.91 Å². The number of aryl methyl sites for hydroxylation is 1. The average Bonchev–Trinajstić information content (AvgIpc) is 2.42. The molecule has 0 unspecified atom stereocenters. The Morgan fingerprint density at radius 3 is 2.67 bits per heavy atom. The number of nitrogens with zero attached hydrogens (tertiary/aromatic N) is 2. The highest BCUT2D eigenvalue weighted by molar-refractivity contribution is 9.10. The largest absolute Gasteiger partial charge is 0.307 e. The third-order valence-electron chi connectivity index (χ3n) is 2.96. The number of carbonyl (C=O) groups is 1. The van der Waals surface area contributed by atoms with Crippen molar-refractivity contribution in [2.24, 2.45) is 0 Å². The van der Waals surface area contributed by atoms with Gasteiger partial charge in [-0.25, -0.2) is 9.97 Å². The average molecular weight is 369 g/mol. The van der Waals surface area contributed by atoms with Gasteiger partial charge in [-0.05, 0) is 52.5 Å². The van der Waals surface area contributed by atoms with E-state index >= 15 is 0 Å². The highest BCUT2D eigenvalue weighted by Gasteiger charge is 2.12. The molecule has 0 radical (unpaired) electrons. The summed E-state index contributed by atoms with van der Waals surface area (Å²) in [7, 11) is 0. The zero-order valence-electron chi connectivity index (χ0n) is 11.9. The van der Waals surface area contributed by atoms with Crippen molar-refractivity contribution in [2.75, 3.05) is 5.32 Å². The minimum absolute atomic E-state index is 0.198. The molecule has 1 N–H and O–H groups in total. The van der Waals surface area contributed by atoms with Crippen molar-refractivity contribution in [1.29, 1.82) is 0 Å². The summed E-state index contributed by atoms with van der Waals surface area (Å²) in [5.74, 6) is 0.443. The van der Waals surface area contributed by atoms with E-state index in [1.54, 1.807) is 24.4 Å². The summed E-state index contributed by atoms with van der Waals surface area (Å²) in [4.78, 5) is 20.7. The number of nitrogens with one attached hydrogen (secondary N) is 1. The van der Waals surface area contributed by atoms with Crippen LogP contribution in [0.25, 0.3) is 0 Å². The lowest BCUT2D eigenvalue weighted by molar-refractivity contribution is 0.102. The van der Waals surface area contributed by atoms with Crippen LogP contribution in [0.3, 0.4) is 0 Å². The molecule has 2 aromatic rings. The molecule has 4 nitrogen and oxygen atoms in total. The van der Waals surface area contributed by atoms with Crippen molar-refractivity contribution < 1.29 is 4.79 Å². The number of carbonyl (C=O) groups excluding carboxylic acids is 1. The Labute approximate surface area is 137 Å². The number of pyridine rings is 2. The lowest BCUT2D eigenvalue weighted by Crippen LogP contribution is -2.14. The lowest BCUT2D eigenvalue weighted by Gasteiger charge is -2.09. The van der Waals surface area contributed by atoms with Crippen LogP contribution in [0, 0.1) is 6.92 Å². The Hall–Kier alpha value is -1.46. The number of rotatable bonds is 3. The highest BCUT2D eigenvalue weighted by Crippen LogP contribution is 2.20. The minimum Gasteiger partial charge on any atom is -0.307 e. The molecule has 110 valence electrons. The fraction of sp³-hybridized carbons (Fsp3) is 0.267. The lowest BCUT2D eigenvalue weighted by atomic mass is 10.1. The monoisotopic (exact) mass is 367 g/mol. The molecule has 2 heterocycles. The Morgan fingerprint density at radius 2 is 2.05 bits per heavy atom. The van der Waals surface area contributed by atoms with E-state index in [9.17, 15) is 4.79 Å². The third-order valence-corrected chi connectivity index (χ3v) is 3.98. The second kappa shape index (κ2) is 6.54. The molecule has 1 amide bonds. The molecule has 0 spiro atoms. The van der Waals surface area contributed by atoms with Gasteiger partial charge in [-0.3, -0.25) is 4.79 Å². The van der Waals surface area contributed by atoms with Gasteiger partial charge in [0.2, 0.25) is 0 Å². The van der Waals surface area contributed by atoms with Gasteiger partial charge in [-0.2, -0.15) is 0 Å². The van der Waals surface area contributed by atoms with Crippen LogP contribution in [0.1, 0.15) is 41.4 Å². The Bertz CT molecular complexity index is 689. The van der Waals surface area contributed by atoms with Crippen molar-refractivity contribution in [3.05, 3.63) is 50.8 Å². The van der Waals surface area contributed by atoms with Gasteiger partial charge >= 0.3 is 0 Å². The number of anilines is 1. The van der Waals surface area contributed by atoms with E-state index in [1.807, 2.05) is 20.8 Å². The van der Waals surface area contributed by atoms with E-state index < -0.39 is 0 Å². The van der Waals surface area contributed by atoms with Gasteiger partial charge in [0.05, 0.1) is 0 Å². The molecule has 0 aliphatic rings. The number of aromatic nitrogens is 2. The summed E-state index contributed by atoms with van der Waals surface area (Å²) in [6.07, 6.45) is 1.66. The van der Waals surface area contributed by atoms with Crippen molar-refractivity contribution in [2.45, 2.75) is 26.7 Å². The summed E-state index contributed by atoms with van der Waals surface area (Å²) in [6, 6.07) is 5.10. The smallest absolute Gasteiger partial charge is 0.256 e. The fourth-order valence-electron chi connectivity index (χ4n) is 1.74. The summed E-state index contributed by atoms with van der Waals surface area (Å²) in [5.41, 5.74) is 2.25. The third kappa shape index (κ3) is 4.02. The summed E-state index contributed by atoms with van der Waals surface area (Å²) >= 11 is 9.35. The van der Waals surface area contributed by atoms with E-state index in [1.165, 1.54) is 0 Å². The van der Waals surface area contributed by atoms with Crippen molar-refractivity contribution in [3.8, 4) is 0 Å². The van der Waals surface area contributed by atoms with Crippen LogP contribution in [0.5, 0.6) is 0 Å². The van der Waals surface area contributed by atoms with Gasteiger partial charge in [-0.1, -0.05) is 25.4 Å². The minimum atomic E-state index is -0.254. The first-order valence-electron chi connectivity index (χ1n) is 6.48. The second-order valence-corrected chi connectivity index (χ2v) is 6.27. The van der Waals surface area contributed by atoms with Crippen molar-refractivity contribution in [1.82, 2.24) is 9.97 Å². The standard InChI is InChI=1S/C15H15BrClN3O/c1-8(2)12-5-10(6-13(17)19-12)15(21)20-14-4-9(3)11(16)7-18-14/h4-8H,1-3H3,(H,18,20,21). The maximum Gasteiger partial charge on any atom is 0.256 e. The first-order chi connectivity index (χ1) is 9.86. The molecule has 2 rings (SSSR count). The molecule has 0 aliphatic carbocycles. The molecule has 0 aromatic carbocycles. The van der Waals surface area contributed by atoms with Gasteiger partial charge in [0.15, 0.2) is 0 Å². The first-order valence-corrected chi connectivity index (χ1v) is 7.65. The quantitative estimate of drug-likeness (QED) is 0.807. The number of amides is 1. The molecule has 0 fully saturated rings. The van der Waals surface area contributed by atoms with E-state index in [4.69, 9.17) is 11.6 Å². The van der Waals surface area contributed by atoms with Gasteiger partial charge < -0.3 is 5.32 Å². The molecular formula is C15H15BrClN3O. The Kier molecular flexibility index (Phi) is 4.96. The SMILES string of the molecule is Cc1cc(NC(=O)c2cc(Cl)nc(C(C)C)c2)ncc1Br. The number of hydrogen-bond donors (Lipinski definition) is 1. The number of hydrogen-bond acceptors (Lipinski definition) is 3. The summed E-state index contributed by atoms with van der Waals surface area (Å²) < 4.78 is 0.898.